The second kappa shape index (κ2) is 6.83. The first-order valence-corrected chi connectivity index (χ1v) is 10.0. The van der Waals surface area contributed by atoms with Gasteiger partial charge in [-0.25, -0.2) is 14.5 Å². The number of hydrogen-bond acceptors (Lipinski definition) is 7. The topological polar surface area (TPSA) is 95.5 Å². The number of fused-ring (bicyclic) bond motifs is 5. The van der Waals surface area contributed by atoms with Crippen molar-refractivity contribution in [3.05, 3.63) is 57.0 Å². The minimum atomic E-state index is -0.435. The van der Waals surface area contributed by atoms with Crippen LogP contribution < -0.4 is 4.74 Å². The fourth-order valence-corrected chi connectivity index (χ4v) is 4.87. The molecule has 8 nitrogen and oxygen atoms in total. The van der Waals surface area contributed by atoms with E-state index in [2.05, 4.69) is 10.1 Å². The van der Waals surface area contributed by atoms with E-state index in [0.29, 0.717) is 11.6 Å². The fourth-order valence-electron chi connectivity index (χ4n) is 3.65. The van der Waals surface area contributed by atoms with Crippen LogP contribution in [0.1, 0.15) is 35.5 Å². The smallest absolute Gasteiger partial charge is 0.269 e. The highest BCUT2D eigenvalue weighted by molar-refractivity contribution is 7.19. The summed E-state index contributed by atoms with van der Waals surface area (Å²) in [7, 11) is 0. The number of rotatable bonds is 4. The Morgan fingerprint density at radius 2 is 2.00 bits per heavy atom. The molecule has 0 unspecified atom stereocenters. The van der Waals surface area contributed by atoms with Gasteiger partial charge in [0.1, 0.15) is 23.5 Å². The number of hydrogen-bond donors (Lipinski definition) is 0. The monoisotopic (exact) mass is 395 g/mol. The second-order valence-corrected chi connectivity index (χ2v) is 7.91. The molecule has 5 rings (SSSR count). The molecule has 0 saturated carbocycles. The minimum absolute atomic E-state index is 0.0322. The summed E-state index contributed by atoms with van der Waals surface area (Å²) in [5.74, 6) is 1.10. The summed E-state index contributed by atoms with van der Waals surface area (Å²) < 4.78 is 7.42. The van der Waals surface area contributed by atoms with Crippen molar-refractivity contribution < 1.29 is 9.66 Å². The van der Waals surface area contributed by atoms with Crippen molar-refractivity contribution in [2.45, 2.75) is 38.7 Å². The van der Waals surface area contributed by atoms with Crippen molar-refractivity contribution in [2.75, 3.05) is 0 Å². The molecule has 0 spiro atoms. The van der Waals surface area contributed by atoms with Crippen LogP contribution in [0.2, 0.25) is 0 Å². The van der Waals surface area contributed by atoms with Gasteiger partial charge in [0, 0.05) is 17.0 Å². The molecule has 0 N–H and O–H groups in total. The Labute approximate surface area is 164 Å². The SMILES string of the molecule is O=[N+]([O-])c1ccc(OCc2nc3c4c5c(sc4ncn3n2)CCCCC5)cc1. The number of nitro groups is 1. The third-order valence-corrected chi connectivity index (χ3v) is 6.20. The van der Waals surface area contributed by atoms with E-state index in [1.165, 1.54) is 41.8 Å². The molecule has 1 aliphatic rings. The number of nitrogens with zero attached hydrogens (tertiary/aromatic N) is 5. The van der Waals surface area contributed by atoms with Gasteiger partial charge in [-0.2, -0.15) is 0 Å². The first-order valence-electron chi connectivity index (χ1n) is 9.21. The van der Waals surface area contributed by atoms with E-state index in [0.717, 1.165) is 28.7 Å². The molecule has 142 valence electrons. The Morgan fingerprint density at radius 1 is 1.18 bits per heavy atom. The molecule has 0 fully saturated rings. The van der Waals surface area contributed by atoms with Crippen molar-refractivity contribution >= 4 is 32.9 Å². The normalized spacial score (nSPS) is 14.1. The molecule has 28 heavy (non-hydrogen) atoms. The predicted octanol–water partition coefficient (Wildman–Crippen LogP) is 4.10. The molecule has 1 aromatic carbocycles. The van der Waals surface area contributed by atoms with Crippen LogP contribution in [0.15, 0.2) is 30.6 Å². The summed E-state index contributed by atoms with van der Waals surface area (Å²) >= 11 is 1.77. The van der Waals surface area contributed by atoms with E-state index >= 15 is 0 Å². The summed E-state index contributed by atoms with van der Waals surface area (Å²) in [5.41, 5.74) is 2.24. The van der Waals surface area contributed by atoms with Crippen LogP contribution in [0.3, 0.4) is 0 Å². The number of ether oxygens (including phenoxy) is 1. The highest BCUT2D eigenvalue weighted by Gasteiger charge is 2.20. The molecular formula is C19H17N5O3S. The zero-order valence-corrected chi connectivity index (χ0v) is 15.8. The first-order chi connectivity index (χ1) is 13.7. The number of non-ortho nitro benzene ring substituents is 1. The van der Waals surface area contributed by atoms with Crippen LogP contribution in [0.5, 0.6) is 5.75 Å². The maximum Gasteiger partial charge on any atom is 0.269 e. The highest BCUT2D eigenvalue weighted by Crippen LogP contribution is 2.36. The van der Waals surface area contributed by atoms with Gasteiger partial charge in [0.05, 0.1) is 10.3 Å². The average Bonchev–Trinajstić information content (AvgIpc) is 3.19. The van der Waals surface area contributed by atoms with Crippen molar-refractivity contribution in [1.82, 2.24) is 19.6 Å². The van der Waals surface area contributed by atoms with E-state index in [1.807, 2.05) is 0 Å². The highest BCUT2D eigenvalue weighted by atomic mass is 32.1. The lowest BCUT2D eigenvalue weighted by Gasteiger charge is -2.02. The number of aromatic nitrogens is 4. The lowest BCUT2D eigenvalue weighted by Crippen LogP contribution is -1.98. The van der Waals surface area contributed by atoms with Gasteiger partial charge in [-0.1, -0.05) is 6.42 Å². The summed E-state index contributed by atoms with van der Waals surface area (Å²) in [4.78, 5) is 22.0. The molecule has 0 aliphatic heterocycles. The number of nitro benzene ring substituents is 1. The second-order valence-electron chi connectivity index (χ2n) is 6.83. The molecule has 3 heterocycles. The Morgan fingerprint density at radius 3 is 2.82 bits per heavy atom. The maximum atomic E-state index is 10.7. The quantitative estimate of drug-likeness (QED) is 0.293. The maximum absolute atomic E-state index is 10.7. The van der Waals surface area contributed by atoms with E-state index in [1.54, 1.807) is 34.3 Å². The van der Waals surface area contributed by atoms with Crippen LogP contribution >= 0.6 is 11.3 Å². The van der Waals surface area contributed by atoms with Crippen molar-refractivity contribution in [1.29, 1.82) is 0 Å². The molecule has 9 heteroatoms. The first kappa shape index (κ1) is 17.1. The zero-order chi connectivity index (χ0) is 19.1. The molecule has 1 aliphatic carbocycles. The van der Waals surface area contributed by atoms with Gasteiger partial charge < -0.3 is 4.74 Å². The van der Waals surface area contributed by atoms with Crippen LogP contribution in [0.4, 0.5) is 5.69 Å². The minimum Gasteiger partial charge on any atom is -0.486 e. The van der Waals surface area contributed by atoms with Gasteiger partial charge in [0.25, 0.3) is 5.69 Å². The van der Waals surface area contributed by atoms with E-state index in [4.69, 9.17) is 9.72 Å². The van der Waals surface area contributed by atoms with Gasteiger partial charge >= 0.3 is 0 Å². The van der Waals surface area contributed by atoms with E-state index in [9.17, 15) is 10.1 Å². The predicted molar refractivity (Wildman–Crippen MR) is 105 cm³/mol. The Kier molecular flexibility index (Phi) is 4.16. The van der Waals surface area contributed by atoms with Crippen LogP contribution in [-0.4, -0.2) is 24.5 Å². The zero-order valence-electron chi connectivity index (χ0n) is 15.0. The number of aryl methyl sites for hydroxylation is 2. The molecular weight excluding hydrogens is 378 g/mol. The molecule has 3 aromatic heterocycles. The van der Waals surface area contributed by atoms with Gasteiger partial charge in [-0.15, -0.1) is 16.4 Å². The summed E-state index contributed by atoms with van der Waals surface area (Å²) in [6.45, 7) is 0.188. The summed E-state index contributed by atoms with van der Waals surface area (Å²) in [5, 5.41) is 16.4. The molecule has 0 atom stereocenters. The standard InChI is InChI=1S/C19H17N5O3S/c25-24(26)12-6-8-13(9-7-12)27-10-16-21-18-17-14-4-2-1-3-5-15(14)28-19(17)20-11-23(18)22-16/h6-9,11H,1-5,10H2. The van der Waals surface area contributed by atoms with Crippen molar-refractivity contribution in [3.63, 3.8) is 0 Å². The van der Waals surface area contributed by atoms with Crippen LogP contribution in [-0.2, 0) is 19.4 Å². The Balaban J connectivity index is 1.45. The van der Waals surface area contributed by atoms with Crippen LogP contribution in [0, 0.1) is 10.1 Å². The molecule has 0 saturated heterocycles. The molecule has 4 aromatic rings. The van der Waals surface area contributed by atoms with Gasteiger partial charge in [-0.05, 0) is 43.4 Å². The molecule has 0 bridgehead atoms. The molecule has 0 radical (unpaired) electrons. The summed E-state index contributed by atoms with van der Waals surface area (Å²) in [6, 6.07) is 5.99. The largest absolute Gasteiger partial charge is 0.486 e. The van der Waals surface area contributed by atoms with E-state index < -0.39 is 4.92 Å². The van der Waals surface area contributed by atoms with Gasteiger partial charge in [0.15, 0.2) is 11.5 Å². The molecule has 0 amide bonds. The summed E-state index contributed by atoms with van der Waals surface area (Å²) in [6.07, 6.45) is 7.59. The van der Waals surface area contributed by atoms with Gasteiger partial charge in [-0.3, -0.25) is 10.1 Å². The lowest BCUT2D eigenvalue weighted by molar-refractivity contribution is -0.384. The number of thiophene rings is 1. The third-order valence-electron chi connectivity index (χ3n) is 5.00. The van der Waals surface area contributed by atoms with Crippen molar-refractivity contribution in [3.8, 4) is 5.75 Å². The Bertz CT molecular complexity index is 1180. The average molecular weight is 395 g/mol. The van der Waals surface area contributed by atoms with Crippen molar-refractivity contribution in [2.24, 2.45) is 0 Å². The fraction of sp³-hybridized carbons (Fsp3) is 0.316. The third kappa shape index (κ3) is 2.97. The van der Waals surface area contributed by atoms with Crippen LogP contribution in [0.25, 0.3) is 15.9 Å². The number of benzene rings is 1. The lowest BCUT2D eigenvalue weighted by atomic mass is 10.1. The Hall–Kier alpha value is -3.07. The van der Waals surface area contributed by atoms with E-state index in [-0.39, 0.29) is 12.3 Å². The van der Waals surface area contributed by atoms with Gasteiger partial charge in [0.2, 0.25) is 0 Å².